The average Bonchev–Trinajstić information content (AvgIpc) is 2.97. The molecular weight excluding hydrogens is 196 g/mol. The van der Waals surface area contributed by atoms with Gasteiger partial charge in [0.1, 0.15) is 0 Å². The van der Waals surface area contributed by atoms with Gasteiger partial charge in [-0.15, -0.1) is 0 Å². The molecule has 2 heterocycles. The number of H-pyrrole nitrogens is 1. The zero-order valence-corrected chi connectivity index (χ0v) is 9.37. The van der Waals surface area contributed by atoms with E-state index in [1.807, 2.05) is 0 Å². The van der Waals surface area contributed by atoms with Crippen molar-refractivity contribution in [1.29, 1.82) is 0 Å². The van der Waals surface area contributed by atoms with E-state index in [4.69, 9.17) is 0 Å². The van der Waals surface area contributed by atoms with Crippen LogP contribution in [0.4, 0.5) is 0 Å². The molecule has 1 aliphatic heterocycles. The van der Waals surface area contributed by atoms with Gasteiger partial charge in [-0.3, -0.25) is 0 Å². The Hall–Kier alpha value is -1.70. The predicted octanol–water partition coefficient (Wildman–Crippen LogP) is 3.23. The first-order chi connectivity index (χ1) is 7.84. The van der Waals surface area contributed by atoms with E-state index in [1.165, 1.54) is 23.7 Å². The standard InChI is InChI=1S/C14H16N2/c1-11(16-8-4-5-9-16)14-10-12-6-2-3-7-13(12)15-14/h2-3,6-7,10,15H,1,4-5,8-9H2. The van der Waals surface area contributed by atoms with Crippen LogP contribution in [-0.4, -0.2) is 23.0 Å². The van der Waals surface area contributed by atoms with Crippen molar-refractivity contribution in [3.05, 3.63) is 42.6 Å². The number of fused-ring (bicyclic) bond motifs is 1. The monoisotopic (exact) mass is 212 g/mol. The summed E-state index contributed by atoms with van der Waals surface area (Å²) < 4.78 is 0. The number of likely N-dealkylation sites (tertiary alicyclic amines) is 1. The number of nitrogens with zero attached hydrogens (tertiary/aromatic N) is 1. The lowest BCUT2D eigenvalue weighted by Crippen LogP contribution is -2.16. The molecule has 2 heteroatoms. The normalized spacial score (nSPS) is 15.9. The molecule has 0 bridgehead atoms. The minimum absolute atomic E-state index is 1.13. The van der Waals surface area contributed by atoms with Crippen molar-refractivity contribution in [2.75, 3.05) is 13.1 Å². The number of nitrogens with one attached hydrogen (secondary N) is 1. The zero-order chi connectivity index (χ0) is 11.0. The minimum atomic E-state index is 1.13. The minimum Gasteiger partial charge on any atom is -0.370 e. The highest BCUT2D eigenvalue weighted by atomic mass is 15.2. The summed E-state index contributed by atoms with van der Waals surface area (Å²) in [5, 5.41) is 1.26. The summed E-state index contributed by atoms with van der Waals surface area (Å²) in [6.07, 6.45) is 2.58. The molecule has 16 heavy (non-hydrogen) atoms. The van der Waals surface area contributed by atoms with Gasteiger partial charge in [0.2, 0.25) is 0 Å². The smallest absolute Gasteiger partial charge is 0.0622 e. The van der Waals surface area contributed by atoms with Crippen LogP contribution in [0.2, 0.25) is 0 Å². The Bertz CT molecular complexity index is 485. The van der Waals surface area contributed by atoms with Crippen LogP contribution in [-0.2, 0) is 0 Å². The molecule has 82 valence electrons. The summed E-state index contributed by atoms with van der Waals surface area (Å²) in [5.41, 5.74) is 3.48. The van der Waals surface area contributed by atoms with Crippen molar-refractivity contribution in [3.8, 4) is 0 Å². The molecule has 0 spiro atoms. The van der Waals surface area contributed by atoms with Gasteiger partial charge in [0.15, 0.2) is 0 Å². The maximum absolute atomic E-state index is 4.20. The summed E-state index contributed by atoms with van der Waals surface area (Å²) in [6.45, 7) is 6.49. The molecule has 0 radical (unpaired) electrons. The lowest BCUT2D eigenvalue weighted by molar-refractivity contribution is 0.493. The second-order valence-corrected chi connectivity index (χ2v) is 4.41. The second-order valence-electron chi connectivity index (χ2n) is 4.41. The lowest BCUT2D eigenvalue weighted by atomic mass is 10.2. The highest BCUT2D eigenvalue weighted by molar-refractivity contribution is 5.84. The number of aromatic nitrogens is 1. The second kappa shape index (κ2) is 3.71. The molecule has 0 aliphatic carbocycles. The van der Waals surface area contributed by atoms with Crippen LogP contribution < -0.4 is 0 Å². The molecule has 1 fully saturated rings. The van der Waals surface area contributed by atoms with Crippen molar-refractivity contribution in [3.63, 3.8) is 0 Å². The molecule has 0 unspecified atom stereocenters. The maximum atomic E-state index is 4.20. The van der Waals surface area contributed by atoms with Gasteiger partial charge in [-0.1, -0.05) is 24.8 Å². The van der Waals surface area contributed by atoms with Gasteiger partial charge in [-0.25, -0.2) is 0 Å². The number of para-hydroxylation sites is 1. The summed E-state index contributed by atoms with van der Waals surface area (Å²) in [4.78, 5) is 5.80. The predicted molar refractivity (Wildman–Crippen MR) is 68.1 cm³/mol. The van der Waals surface area contributed by atoms with Crippen molar-refractivity contribution in [2.24, 2.45) is 0 Å². The van der Waals surface area contributed by atoms with Gasteiger partial charge in [0.05, 0.1) is 11.4 Å². The Balaban J connectivity index is 1.96. The van der Waals surface area contributed by atoms with E-state index in [0.717, 1.165) is 24.5 Å². The van der Waals surface area contributed by atoms with Gasteiger partial charge >= 0.3 is 0 Å². The van der Waals surface area contributed by atoms with Crippen molar-refractivity contribution >= 4 is 16.6 Å². The maximum Gasteiger partial charge on any atom is 0.0622 e. The van der Waals surface area contributed by atoms with Crippen LogP contribution in [0.1, 0.15) is 18.5 Å². The molecule has 1 N–H and O–H groups in total. The van der Waals surface area contributed by atoms with Gasteiger partial charge in [0, 0.05) is 24.0 Å². The summed E-state index contributed by atoms with van der Waals surface area (Å²) in [5.74, 6) is 0. The molecule has 0 amide bonds. The molecule has 1 saturated heterocycles. The molecule has 1 aliphatic rings. The quantitative estimate of drug-likeness (QED) is 0.809. The van der Waals surface area contributed by atoms with E-state index in [0.29, 0.717) is 0 Å². The van der Waals surface area contributed by atoms with E-state index >= 15 is 0 Å². The Morgan fingerprint density at radius 3 is 2.69 bits per heavy atom. The summed E-state index contributed by atoms with van der Waals surface area (Å²) >= 11 is 0. The molecule has 2 nitrogen and oxygen atoms in total. The third kappa shape index (κ3) is 1.51. The first kappa shape index (κ1) is 9.52. The Labute approximate surface area is 95.6 Å². The van der Waals surface area contributed by atoms with Crippen LogP contribution in [0.5, 0.6) is 0 Å². The lowest BCUT2D eigenvalue weighted by Gasteiger charge is -2.18. The first-order valence-corrected chi connectivity index (χ1v) is 5.86. The Morgan fingerprint density at radius 2 is 1.94 bits per heavy atom. The molecule has 1 aromatic heterocycles. The third-order valence-corrected chi connectivity index (χ3v) is 3.33. The van der Waals surface area contributed by atoms with Crippen molar-refractivity contribution in [1.82, 2.24) is 9.88 Å². The largest absolute Gasteiger partial charge is 0.370 e. The Morgan fingerprint density at radius 1 is 1.19 bits per heavy atom. The number of hydrogen-bond acceptors (Lipinski definition) is 1. The highest BCUT2D eigenvalue weighted by Crippen LogP contribution is 2.24. The summed E-state index contributed by atoms with van der Waals surface area (Å²) in [6, 6.07) is 10.6. The fourth-order valence-corrected chi connectivity index (χ4v) is 2.39. The average molecular weight is 212 g/mol. The van der Waals surface area contributed by atoms with Crippen molar-refractivity contribution < 1.29 is 0 Å². The molecule has 3 rings (SSSR count). The van der Waals surface area contributed by atoms with E-state index < -0.39 is 0 Å². The fourth-order valence-electron chi connectivity index (χ4n) is 2.39. The van der Waals surface area contributed by atoms with Crippen LogP contribution in [0.25, 0.3) is 16.6 Å². The van der Waals surface area contributed by atoms with Gasteiger partial charge < -0.3 is 9.88 Å². The topological polar surface area (TPSA) is 19.0 Å². The van der Waals surface area contributed by atoms with E-state index in [9.17, 15) is 0 Å². The molecule has 2 aromatic rings. The summed E-state index contributed by atoms with van der Waals surface area (Å²) in [7, 11) is 0. The zero-order valence-electron chi connectivity index (χ0n) is 9.37. The van der Waals surface area contributed by atoms with Crippen LogP contribution in [0, 0.1) is 0 Å². The van der Waals surface area contributed by atoms with Gasteiger partial charge in [-0.2, -0.15) is 0 Å². The molecular formula is C14H16N2. The van der Waals surface area contributed by atoms with Gasteiger partial charge in [-0.05, 0) is 25.0 Å². The first-order valence-electron chi connectivity index (χ1n) is 5.86. The number of hydrogen-bond donors (Lipinski definition) is 1. The number of aromatic amines is 1. The van der Waals surface area contributed by atoms with E-state index in [2.05, 4.69) is 46.8 Å². The van der Waals surface area contributed by atoms with Crippen molar-refractivity contribution in [2.45, 2.75) is 12.8 Å². The van der Waals surface area contributed by atoms with Crippen LogP contribution >= 0.6 is 0 Å². The molecule has 0 atom stereocenters. The van der Waals surface area contributed by atoms with E-state index in [-0.39, 0.29) is 0 Å². The SMILES string of the molecule is C=C(c1cc2ccccc2[nH]1)N1CCCC1. The number of rotatable bonds is 2. The molecule has 0 saturated carbocycles. The molecule has 1 aromatic carbocycles. The van der Waals surface area contributed by atoms with Crippen LogP contribution in [0.15, 0.2) is 36.9 Å². The third-order valence-electron chi connectivity index (χ3n) is 3.33. The van der Waals surface area contributed by atoms with Crippen LogP contribution in [0.3, 0.4) is 0 Å². The fraction of sp³-hybridized carbons (Fsp3) is 0.286. The highest BCUT2D eigenvalue weighted by Gasteiger charge is 2.15. The number of benzene rings is 1. The van der Waals surface area contributed by atoms with E-state index in [1.54, 1.807) is 0 Å². The van der Waals surface area contributed by atoms with Gasteiger partial charge in [0.25, 0.3) is 0 Å². The Kier molecular flexibility index (Phi) is 2.21.